The number of ketones is 1. The molecule has 0 spiro atoms. The number of carbonyl (C=O) groups is 1. The number of carbonyl (C=O) groups excluding carboxylic acids is 1. The van der Waals surface area contributed by atoms with E-state index >= 15 is 0 Å². The highest BCUT2D eigenvalue weighted by Crippen LogP contribution is 2.48. The van der Waals surface area contributed by atoms with Gasteiger partial charge in [0.1, 0.15) is 0 Å². The Morgan fingerprint density at radius 1 is 0.963 bits per heavy atom. The lowest BCUT2D eigenvalue weighted by molar-refractivity contribution is -0.116. The summed E-state index contributed by atoms with van der Waals surface area (Å²) in [6.45, 7) is 0. The maximum atomic E-state index is 13.0. The highest BCUT2D eigenvalue weighted by molar-refractivity contribution is 6.35. The standard InChI is InChI=1S/C23H17Cl2NO/c24-14-9-10-16(18(25)12-14)23-22-17(6-3-7-20(22)27)21-15-5-2-1-4-13(15)8-11-19(21)26-23/h1-2,4-5,8-12,23,26H,3,6-7H2/t23-/m1/s1. The van der Waals surface area contributed by atoms with Crippen LogP contribution in [-0.2, 0) is 4.79 Å². The van der Waals surface area contributed by atoms with Gasteiger partial charge in [0, 0.05) is 33.3 Å². The van der Waals surface area contributed by atoms with Crippen LogP contribution in [0, 0.1) is 0 Å². The first-order chi connectivity index (χ1) is 13.1. The number of hydrogen-bond donors (Lipinski definition) is 1. The van der Waals surface area contributed by atoms with Crippen molar-refractivity contribution >= 4 is 51.0 Å². The van der Waals surface area contributed by atoms with E-state index in [2.05, 4.69) is 35.6 Å². The smallest absolute Gasteiger partial charge is 0.161 e. The minimum atomic E-state index is -0.244. The molecule has 0 unspecified atom stereocenters. The van der Waals surface area contributed by atoms with Gasteiger partial charge in [-0.05, 0) is 52.9 Å². The molecule has 1 N–H and O–H groups in total. The Morgan fingerprint density at radius 2 is 1.81 bits per heavy atom. The van der Waals surface area contributed by atoms with Crippen LogP contribution in [-0.4, -0.2) is 5.78 Å². The van der Waals surface area contributed by atoms with Crippen LogP contribution < -0.4 is 5.32 Å². The first kappa shape index (κ1) is 16.9. The van der Waals surface area contributed by atoms with Gasteiger partial charge in [-0.1, -0.05) is 59.6 Å². The number of Topliss-reactive ketones (excluding diaryl/α,β-unsaturated/α-hetero) is 1. The van der Waals surface area contributed by atoms with Gasteiger partial charge in [-0.15, -0.1) is 0 Å². The minimum Gasteiger partial charge on any atom is -0.373 e. The Balaban J connectivity index is 1.79. The summed E-state index contributed by atoms with van der Waals surface area (Å²) < 4.78 is 0. The molecule has 0 saturated carbocycles. The van der Waals surface area contributed by atoms with Crippen LogP contribution in [0.3, 0.4) is 0 Å². The average molecular weight is 394 g/mol. The van der Waals surface area contributed by atoms with Crippen LogP contribution >= 0.6 is 23.2 Å². The summed E-state index contributed by atoms with van der Waals surface area (Å²) >= 11 is 12.6. The van der Waals surface area contributed by atoms with Gasteiger partial charge in [0.05, 0.1) is 6.04 Å². The third-order valence-corrected chi connectivity index (χ3v) is 6.11. The van der Waals surface area contributed by atoms with E-state index in [4.69, 9.17) is 23.2 Å². The monoisotopic (exact) mass is 393 g/mol. The summed E-state index contributed by atoms with van der Waals surface area (Å²) in [5.41, 5.74) is 5.13. The molecule has 3 aromatic carbocycles. The Kier molecular flexibility index (Phi) is 3.99. The van der Waals surface area contributed by atoms with Crippen LogP contribution in [0.5, 0.6) is 0 Å². The van der Waals surface area contributed by atoms with Crippen LogP contribution in [0.4, 0.5) is 5.69 Å². The summed E-state index contributed by atoms with van der Waals surface area (Å²) in [6.07, 6.45) is 2.38. The maximum absolute atomic E-state index is 13.0. The van der Waals surface area contributed by atoms with E-state index in [0.29, 0.717) is 16.5 Å². The molecule has 1 aliphatic heterocycles. The highest BCUT2D eigenvalue weighted by atomic mass is 35.5. The number of allylic oxidation sites excluding steroid dienone is 1. The molecule has 0 bridgehead atoms. The third-order valence-electron chi connectivity index (χ3n) is 5.55. The summed E-state index contributed by atoms with van der Waals surface area (Å²) in [7, 11) is 0. The van der Waals surface area contributed by atoms with E-state index in [1.54, 1.807) is 6.07 Å². The van der Waals surface area contributed by atoms with Crippen LogP contribution in [0.1, 0.15) is 36.4 Å². The van der Waals surface area contributed by atoms with Crippen molar-refractivity contribution in [2.24, 2.45) is 0 Å². The van der Waals surface area contributed by atoms with Crippen molar-refractivity contribution in [3.05, 3.63) is 81.3 Å². The van der Waals surface area contributed by atoms with E-state index in [0.717, 1.165) is 40.8 Å². The highest BCUT2D eigenvalue weighted by Gasteiger charge is 2.35. The zero-order chi connectivity index (χ0) is 18.5. The fourth-order valence-electron chi connectivity index (χ4n) is 4.37. The number of hydrogen-bond acceptors (Lipinski definition) is 2. The minimum absolute atomic E-state index is 0.207. The van der Waals surface area contributed by atoms with Gasteiger partial charge in [-0.2, -0.15) is 0 Å². The topological polar surface area (TPSA) is 29.1 Å². The molecule has 5 rings (SSSR count). The van der Waals surface area contributed by atoms with E-state index in [-0.39, 0.29) is 11.8 Å². The van der Waals surface area contributed by atoms with Crippen molar-refractivity contribution in [2.75, 3.05) is 5.32 Å². The Hall–Kier alpha value is -2.29. The molecule has 2 aliphatic rings. The molecule has 0 amide bonds. The van der Waals surface area contributed by atoms with Gasteiger partial charge >= 0.3 is 0 Å². The maximum Gasteiger partial charge on any atom is 0.161 e. The number of benzene rings is 3. The molecule has 1 heterocycles. The van der Waals surface area contributed by atoms with E-state index in [1.165, 1.54) is 10.8 Å². The Labute approximate surface area is 167 Å². The molecule has 0 fully saturated rings. The zero-order valence-electron chi connectivity index (χ0n) is 14.6. The predicted molar refractivity (Wildman–Crippen MR) is 113 cm³/mol. The summed E-state index contributed by atoms with van der Waals surface area (Å²) in [5, 5.41) is 7.13. The second kappa shape index (κ2) is 6.40. The molecule has 0 radical (unpaired) electrons. The third kappa shape index (κ3) is 2.67. The lowest BCUT2D eigenvalue weighted by atomic mass is 9.77. The predicted octanol–water partition coefficient (Wildman–Crippen LogP) is 6.82. The molecule has 0 saturated heterocycles. The van der Waals surface area contributed by atoms with Crippen molar-refractivity contribution in [1.82, 2.24) is 0 Å². The molecule has 1 atom stereocenters. The van der Waals surface area contributed by atoms with Crippen LogP contribution in [0.15, 0.2) is 60.2 Å². The average Bonchev–Trinajstić information content (AvgIpc) is 2.67. The van der Waals surface area contributed by atoms with Crippen molar-refractivity contribution in [3.63, 3.8) is 0 Å². The molecule has 0 aromatic heterocycles. The van der Waals surface area contributed by atoms with Crippen molar-refractivity contribution in [3.8, 4) is 0 Å². The molecular formula is C23H17Cl2NO. The number of fused-ring (bicyclic) bond motifs is 4. The normalized spacial score (nSPS) is 18.9. The van der Waals surface area contributed by atoms with E-state index in [1.807, 2.05) is 18.2 Å². The van der Waals surface area contributed by atoms with Crippen LogP contribution in [0.25, 0.3) is 16.3 Å². The lowest BCUT2D eigenvalue weighted by Crippen LogP contribution is -2.27. The van der Waals surface area contributed by atoms with E-state index in [9.17, 15) is 4.79 Å². The number of nitrogens with one attached hydrogen (secondary N) is 1. The van der Waals surface area contributed by atoms with Crippen LogP contribution in [0.2, 0.25) is 10.0 Å². The molecule has 134 valence electrons. The van der Waals surface area contributed by atoms with Crippen molar-refractivity contribution < 1.29 is 4.79 Å². The molecule has 4 heteroatoms. The summed E-state index contributed by atoms with van der Waals surface area (Å²) in [4.78, 5) is 13.0. The molecule has 3 aromatic rings. The fourth-order valence-corrected chi connectivity index (χ4v) is 4.89. The molecule has 27 heavy (non-hydrogen) atoms. The SMILES string of the molecule is O=C1CCCC2=C1[C@@H](c1ccc(Cl)cc1Cl)Nc1ccc3ccccc3c12. The summed E-state index contributed by atoms with van der Waals surface area (Å²) in [6, 6.07) is 17.8. The number of anilines is 1. The molecule has 1 aliphatic carbocycles. The van der Waals surface area contributed by atoms with Gasteiger partial charge in [0.25, 0.3) is 0 Å². The largest absolute Gasteiger partial charge is 0.373 e. The van der Waals surface area contributed by atoms with Gasteiger partial charge in [-0.25, -0.2) is 0 Å². The first-order valence-electron chi connectivity index (χ1n) is 9.13. The van der Waals surface area contributed by atoms with Gasteiger partial charge in [-0.3, -0.25) is 4.79 Å². The van der Waals surface area contributed by atoms with Crippen molar-refractivity contribution in [2.45, 2.75) is 25.3 Å². The number of halogens is 2. The quantitative estimate of drug-likeness (QED) is 0.491. The second-order valence-corrected chi connectivity index (χ2v) is 7.97. The molecule has 2 nitrogen and oxygen atoms in total. The zero-order valence-corrected chi connectivity index (χ0v) is 16.1. The second-order valence-electron chi connectivity index (χ2n) is 7.12. The first-order valence-corrected chi connectivity index (χ1v) is 9.89. The Morgan fingerprint density at radius 3 is 2.67 bits per heavy atom. The van der Waals surface area contributed by atoms with Gasteiger partial charge < -0.3 is 5.32 Å². The van der Waals surface area contributed by atoms with Gasteiger partial charge in [0.2, 0.25) is 0 Å². The Bertz CT molecular complexity index is 1130. The fraction of sp³-hybridized carbons (Fsp3) is 0.174. The van der Waals surface area contributed by atoms with E-state index < -0.39 is 0 Å². The summed E-state index contributed by atoms with van der Waals surface area (Å²) in [5.74, 6) is 0.207. The number of rotatable bonds is 1. The van der Waals surface area contributed by atoms with Crippen molar-refractivity contribution in [1.29, 1.82) is 0 Å². The lowest BCUT2D eigenvalue weighted by Gasteiger charge is -2.35. The van der Waals surface area contributed by atoms with Gasteiger partial charge in [0.15, 0.2) is 5.78 Å². The molecular weight excluding hydrogens is 377 g/mol.